The largest absolute Gasteiger partial charge is 0.370 e. The van der Waals surface area contributed by atoms with E-state index in [4.69, 9.17) is 0 Å². The molecule has 0 amide bonds. The SMILES string of the molecule is Cc1ccc(CN2CCN(C3=Cn4cccc4N(c4ccccc4)C3)CC2)cc1. The van der Waals surface area contributed by atoms with Crippen LogP contribution in [-0.4, -0.2) is 47.1 Å². The highest BCUT2D eigenvalue weighted by Gasteiger charge is 2.25. The first kappa shape index (κ1) is 18.1. The van der Waals surface area contributed by atoms with Crippen molar-refractivity contribution in [2.75, 3.05) is 37.6 Å². The smallest absolute Gasteiger partial charge is 0.117 e. The molecule has 3 aromatic rings. The molecule has 0 aliphatic carbocycles. The van der Waals surface area contributed by atoms with E-state index in [0.717, 1.165) is 39.3 Å². The summed E-state index contributed by atoms with van der Waals surface area (Å²) in [6.07, 6.45) is 4.46. The minimum Gasteiger partial charge on any atom is -0.370 e. The standard InChI is InChI=1S/C25H28N4/c1-21-9-11-22(12-10-21)18-26-14-16-27(17-15-26)24-19-28-13-5-8-25(28)29(20-24)23-6-3-2-4-7-23/h2-13,19H,14-18,20H2,1H3. The van der Waals surface area contributed by atoms with Gasteiger partial charge in [0.25, 0.3) is 0 Å². The molecule has 4 nitrogen and oxygen atoms in total. The van der Waals surface area contributed by atoms with E-state index in [9.17, 15) is 0 Å². The van der Waals surface area contributed by atoms with Crippen molar-refractivity contribution in [3.8, 4) is 0 Å². The highest BCUT2D eigenvalue weighted by molar-refractivity contribution is 5.67. The Balaban J connectivity index is 1.28. The molecule has 0 saturated carbocycles. The van der Waals surface area contributed by atoms with Crippen molar-refractivity contribution in [2.24, 2.45) is 0 Å². The van der Waals surface area contributed by atoms with Crippen LogP contribution in [0.25, 0.3) is 6.20 Å². The van der Waals surface area contributed by atoms with Gasteiger partial charge < -0.3 is 14.4 Å². The maximum absolute atomic E-state index is 2.57. The summed E-state index contributed by atoms with van der Waals surface area (Å²) in [5.74, 6) is 1.23. The number of fused-ring (bicyclic) bond motifs is 1. The lowest BCUT2D eigenvalue weighted by Crippen LogP contribution is -2.47. The maximum Gasteiger partial charge on any atom is 0.117 e. The zero-order chi connectivity index (χ0) is 19.6. The van der Waals surface area contributed by atoms with E-state index in [1.807, 2.05) is 0 Å². The molecule has 148 valence electrons. The molecule has 3 heterocycles. The summed E-state index contributed by atoms with van der Waals surface area (Å²) < 4.78 is 2.25. The predicted molar refractivity (Wildman–Crippen MR) is 120 cm³/mol. The van der Waals surface area contributed by atoms with Crippen molar-refractivity contribution in [1.82, 2.24) is 14.4 Å². The lowest BCUT2D eigenvalue weighted by Gasteiger charge is -2.40. The highest BCUT2D eigenvalue weighted by atomic mass is 15.3. The second-order valence-electron chi connectivity index (χ2n) is 8.06. The van der Waals surface area contributed by atoms with E-state index < -0.39 is 0 Å². The van der Waals surface area contributed by atoms with Gasteiger partial charge in [0.05, 0.1) is 12.2 Å². The van der Waals surface area contributed by atoms with Crippen LogP contribution in [0.2, 0.25) is 0 Å². The molecule has 4 heteroatoms. The molecule has 5 rings (SSSR count). The second-order valence-corrected chi connectivity index (χ2v) is 8.06. The number of hydrogen-bond acceptors (Lipinski definition) is 3. The molecule has 0 spiro atoms. The molecule has 0 atom stereocenters. The van der Waals surface area contributed by atoms with Crippen LogP contribution in [-0.2, 0) is 6.54 Å². The van der Waals surface area contributed by atoms with Crippen LogP contribution in [0.3, 0.4) is 0 Å². The number of nitrogens with zero attached hydrogens (tertiary/aromatic N) is 4. The van der Waals surface area contributed by atoms with Gasteiger partial charge in [-0.3, -0.25) is 4.90 Å². The summed E-state index contributed by atoms with van der Waals surface area (Å²) in [6, 6.07) is 24.0. The number of para-hydroxylation sites is 1. The van der Waals surface area contributed by atoms with E-state index in [2.05, 4.69) is 105 Å². The number of anilines is 2. The first-order valence-corrected chi connectivity index (χ1v) is 10.5. The first-order valence-electron chi connectivity index (χ1n) is 10.5. The zero-order valence-electron chi connectivity index (χ0n) is 17.0. The molecule has 1 fully saturated rings. The van der Waals surface area contributed by atoms with Gasteiger partial charge in [0.15, 0.2) is 0 Å². The van der Waals surface area contributed by atoms with Crippen molar-refractivity contribution in [2.45, 2.75) is 13.5 Å². The molecule has 2 aromatic carbocycles. The summed E-state index contributed by atoms with van der Waals surface area (Å²) in [6.45, 7) is 8.49. The second kappa shape index (κ2) is 7.80. The number of aromatic nitrogens is 1. The number of benzene rings is 2. The number of aryl methyl sites for hydroxylation is 1. The maximum atomic E-state index is 2.57. The van der Waals surface area contributed by atoms with Gasteiger partial charge in [-0.05, 0) is 36.8 Å². The molecule has 0 radical (unpaired) electrons. The molecule has 1 aromatic heterocycles. The van der Waals surface area contributed by atoms with Crippen LogP contribution in [0.4, 0.5) is 11.5 Å². The molecule has 0 N–H and O–H groups in total. The van der Waals surface area contributed by atoms with Crippen LogP contribution in [0, 0.1) is 6.92 Å². The third kappa shape index (κ3) is 3.81. The lowest BCUT2D eigenvalue weighted by atomic mass is 10.1. The number of piperazine rings is 1. The fourth-order valence-corrected chi connectivity index (χ4v) is 4.33. The predicted octanol–water partition coefficient (Wildman–Crippen LogP) is 4.56. The molecule has 0 bridgehead atoms. The normalized spacial score (nSPS) is 17.2. The van der Waals surface area contributed by atoms with Crippen molar-refractivity contribution in [1.29, 1.82) is 0 Å². The Kier molecular flexibility index (Phi) is 4.86. The lowest BCUT2D eigenvalue weighted by molar-refractivity contribution is 0.152. The van der Waals surface area contributed by atoms with Gasteiger partial charge in [-0.1, -0.05) is 48.0 Å². The van der Waals surface area contributed by atoms with Crippen LogP contribution in [0.5, 0.6) is 0 Å². The van der Waals surface area contributed by atoms with Gasteiger partial charge in [0.1, 0.15) is 5.82 Å². The van der Waals surface area contributed by atoms with Crippen LogP contribution in [0.15, 0.2) is 78.6 Å². The van der Waals surface area contributed by atoms with E-state index in [1.165, 1.54) is 28.3 Å². The molecular formula is C25H28N4. The summed E-state index contributed by atoms with van der Waals surface area (Å²) in [4.78, 5) is 7.54. The third-order valence-electron chi connectivity index (χ3n) is 6.01. The summed E-state index contributed by atoms with van der Waals surface area (Å²) in [5.41, 5.74) is 5.38. The van der Waals surface area contributed by atoms with E-state index >= 15 is 0 Å². The van der Waals surface area contributed by atoms with Crippen LogP contribution < -0.4 is 4.90 Å². The van der Waals surface area contributed by atoms with Gasteiger partial charge in [-0.15, -0.1) is 0 Å². The van der Waals surface area contributed by atoms with Crippen molar-refractivity contribution < 1.29 is 0 Å². The van der Waals surface area contributed by atoms with Crippen LogP contribution >= 0.6 is 0 Å². The fourth-order valence-electron chi connectivity index (χ4n) is 4.33. The van der Waals surface area contributed by atoms with Crippen molar-refractivity contribution in [3.63, 3.8) is 0 Å². The van der Waals surface area contributed by atoms with Crippen molar-refractivity contribution >= 4 is 17.7 Å². The fraction of sp³-hybridized carbons (Fsp3) is 0.280. The van der Waals surface area contributed by atoms with E-state index in [0.29, 0.717) is 0 Å². The molecule has 1 saturated heterocycles. The van der Waals surface area contributed by atoms with Crippen LogP contribution in [0.1, 0.15) is 11.1 Å². The molecule has 2 aliphatic rings. The Morgan fingerprint density at radius 1 is 0.793 bits per heavy atom. The zero-order valence-corrected chi connectivity index (χ0v) is 17.0. The topological polar surface area (TPSA) is 14.7 Å². The first-order chi connectivity index (χ1) is 14.3. The summed E-state index contributed by atoms with van der Waals surface area (Å²) in [7, 11) is 0. The Hall–Kier alpha value is -2.98. The average Bonchev–Trinajstić information content (AvgIpc) is 3.25. The van der Waals surface area contributed by atoms with Gasteiger partial charge in [0, 0.05) is 50.8 Å². The van der Waals surface area contributed by atoms with Gasteiger partial charge in [-0.25, -0.2) is 0 Å². The van der Waals surface area contributed by atoms with Gasteiger partial charge in [-0.2, -0.15) is 0 Å². The Labute approximate surface area is 173 Å². The third-order valence-corrected chi connectivity index (χ3v) is 6.01. The summed E-state index contributed by atoms with van der Waals surface area (Å²) in [5, 5.41) is 0. The summed E-state index contributed by atoms with van der Waals surface area (Å²) >= 11 is 0. The highest BCUT2D eigenvalue weighted by Crippen LogP contribution is 2.32. The van der Waals surface area contributed by atoms with Gasteiger partial charge >= 0.3 is 0 Å². The quantitative estimate of drug-likeness (QED) is 0.655. The van der Waals surface area contributed by atoms with Crippen molar-refractivity contribution in [3.05, 3.63) is 89.8 Å². The molecular weight excluding hydrogens is 356 g/mol. The number of hydrogen-bond donors (Lipinski definition) is 0. The Bertz CT molecular complexity index is 979. The molecule has 0 unspecified atom stereocenters. The Morgan fingerprint density at radius 2 is 1.55 bits per heavy atom. The minimum absolute atomic E-state index is 0.923. The van der Waals surface area contributed by atoms with E-state index in [1.54, 1.807) is 0 Å². The Morgan fingerprint density at radius 3 is 2.31 bits per heavy atom. The number of rotatable bonds is 4. The average molecular weight is 385 g/mol. The van der Waals surface area contributed by atoms with E-state index in [-0.39, 0.29) is 0 Å². The molecule has 2 aliphatic heterocycles. The monoisotopic (exact) mass is 384 g/mol. The van der Waals surface area contributed by atoms with Gasteiger partial charge in [0.2, 0.25) is 0 Å². The molecule has 29 heavy (non-hydrogen) atoms. The minimum atomic E-state index is 0.923.